The van der Waals surface area contributed by atoms with Crippen molar-refractivity contribution in [3.63, 3.8) is 0 Å². The molecule has 2 aliphatic rings. The van der Waals surface area contributed by atoms with Crippen molar-refractivity contribution in [1.29, 1.82) is 0 Å². The standard InChI is InChI=1S/C21H28N6O/c1-25-12-14-26(15-13-25)19-8-3-2-7-18(19)24-20(28)17-6-4-11-27(16-17)21-22-9-5-10-23-21/h2-3,5,7-10,17H,4,6,11-16H2,1H3,(H,24,28). The van der Waals surface area contributed by atoms with Gasteiger partial charge in [0, 0.05) is 51.7 Å². The van der Waals surface area contributed by atoms with Gasteiger partial charge in [-0.25, -0.2) is 9.97 Å². The fraction of sp³-hybridized carbons (Fsp3) is 0.476. The van der Waals surface area contributed by atoms with Crippen LogP contribution in [0.2, 0.25) is 0 Å². The van der Waals surface area contributed by atoms with E-state index in [9.17, 15) is 4.79 Å². The fourth-order valence-corrected chi connectivity index (χ4v) is 3.96. The number of anilines is 3. The molecule has 2 fully saturated rings. The first kappa shape index (κ1) is 18.7. The number of nitrogens with zero attached hydrogens (tertiary/aromatic N) is 5. The van der Waals surface area contributed by atoms with Gasteiger partial charge in [0.1, 0.15) is 0 Å². The minimum atomic E-state index is -0.0573. The van der Waals surface area contributed by atoms with Gasteiger partial charge in [0.25, 0.3) is 0 Å². The second-order valence-corrected chi connectivity index (χ2v) is 7.63. The summed E-state index contributed by atoms with van der Waals surface area (Å²) in [7, 11) is 2.15. The molecule has 28 heavy (non-hydrogen) atoms. The van der Waals surface area contributed by atoms with Gasteiger partial charge < -0.3 is 20.0 Å². The largest absolute Gasteiger partial charge is 0.367 e. The number of benzene rings is 1. The molecule has 0 saturated carbocycles. The van der Waals surface area contributed by atoms with E-state index in [1.54, 1.807) is 12.4 Å². The minimum absolute atomic E-state index is 0.0573. The topological polar surface area (TPSA) is 64.6 Å². The number of hydrogen-bond donors (Lipinski definition) is 1. The highest BCUT2D eigenvalue weighted by atomic mass is 16.1. The highest BCUT2D eigenvalue weighted by Crippen LogP contribution is 2.28. The number of carbonyl (C=O) groups excluding carboxylic acids is 1. The Hall–Kier alpha value is -2.67. The average Bonchev–Trinajstić information content (AvgIpc) is 2.75. The maximum atomic E-state index is 13.0. The lowest BCUT2D eigenvalue weighted by atomic mass is 9.97. The molecule has 2 aliphatic heterocycles. The van der Waals surface area contributed by atoms with Crippen LogP contribution in [-0.4, -0.2) is 67.1 Å². The van der Waals surface area contributed by atoms with E-state index >= 15 is 0 Å². The van der Waals surface area contributed by atoms with E-state index < -0.39 is 0 Å². The van der Waals surface area contributed by atoms with Crippen LogP contribution in [-0.2, 0) is 4.79 Å². The summed E-state index contributed by atoms with van der Waals surface area (Å²) in [6.07, 6.45) is 5.36. The van der Waals surface area contributed by atoms with Crippen molar-refractivity contribution in [1.82, 2.24) is 14.9 Å². The van der Waals surface area contributed by atoms with E-state index in [1.807, 2.05) is 24.3 Å². The smallest absolute Gasteiger partial charge is 0.229 e. The average molecular weight is 380 g/mol. The van der Waals surface area contributed by atoms with Crippen molar-refractivity contribution >= 4 is 23.2 Å². The van der Waals surface area contributed by atoms with Gasteiger partial charge in [-0.2, -0.15) is 0 Å². The lowest BCUT2D eigenvalue weighted by Gasteiger charge is -2.35. The van der Waals surface area contributed by atoms with E-state index in [-0.39, 0.29) is 11.8 Å². The summed E-state index contributed by atoms with van der Waals surface area (Å²) in [6, 6.07) is 9.95. The van der Waals surface area contributed by atoms with Gasteiger partial charge in [0.15, 0.2) is 0 Å². The number of rotatable bonds is 4. The van der Waals surface area contributed by atoms with Crippen molar-refractivity contribution in [2.75, 3.05) is 61.4 Å². The molecule has 1 N–H and O–H groups in total. The Morgan fingerprint density at radius 2 is 1.75 bits per heavy atom. The molecule has 1 amide bonds. The molecule has 1 unspecified atom stereocenters. The molecule has 7 heteroatoms. The summed E-state index contributed by atoms with van der Waals surface area (Å²) in [5.41, 5.74) is 2.02. The predicted octanol–water partition coefficient (Wildman–Crippen LogP) is 2.08. The van der Waals surface area contributed by atoms with Crippen molar-refractivity contribution in [3.05, 3.63) is 42.7 Å². The maximum absolute atomic E-state index is 13.0. The highest BCUT2D eigenvalue weighted by molar-refractivity contribution is 5.96. The molecule has 148 valence electrons. The molecule has 2 aromatic rings. The minimum Gasteiger partial charge on any atom is -0.367 e. The highest BCUT2D eigenvalue weighted by Gasteiger charge is 2.28. The number of carbonyl (C=O) groups is 1. The molecule has 1 aromatic carbocycles. The second kappa shape index (κ2) is 8.56. The molecule has 0 bridgehead atoms. The molecule has 1 atom stereocenters. The van der Waals surface area contributed by atoms with E-state index in [2.05, 4.69) is 43.1 Å². The third kappa shape index (κ3) is 4.25. The molecule has 0 aliphatic carbocycles. The van der Waals surface area contributed by atoms with Crippen LogP contribution in [0.4, 0.5) is 17.3 Å². The fourth-order valence-electron chi connectivity index (χ4n) is 3.96. The number of piperidine rings is 1. The van der Waals surface area contributed by atoms with Crippen molar-refractivity contribution in [2.45, 2.75) is 12.8 Å². The van der Waals surface area contributed by atoms with Crippen LogP contribution in [0.1, 0.15) is 12.8 Å². The van der Waals surface area contributed by atoms with Crippen molar-refractivity contribution in [2.24, 2.45) is 5.92 Å². The van der Waals surface area contributed by atoms with Crippen LogP contribution in [0.5, 0.6) is 0 Å². The third-order valence-electron chi connectivity index (χ3n) is 5.63. The summed E-state index contributed by atoms with van der Waals surface area (Å²) < 4.78 is 0. The first-order valence-corrected chi connectivity index (χ1v) is 10.1. The Bertz CT molecular complexity index is 790. The summed E-state index contributed by atoms with van der Waals surface area (Å²) in [6.45, 7) is 5.59. The zero-order valence-electron chi connectivity index (χ0n) is 16.4. The first-order chi connectivity index (χ1) is 13.7. The summed E-state index contributed by atoms with van der Waals surface area (Å²) >= 11 is 0. The summed E-state index contributed by atoms with van der Waals surface area (Å²) in [4.78, 5) is 28.5. The van der Waals surface area contributed by atoms with Crippen molar-refractivity contribution in [3.8, 4) is 0 Å². The second-order valence-electron chi connectivity index (χ2n) is 7.63. The van der Waals surface area contributed by atoms with Gasteiger partial charge in [-0.05, 0) is 38.1 Å². The Kier molecular flexibility index (Phi) is 5.71. The number of amides is 1. The number of para-hydroxylation sites is 2. The predicted molar refractivity (Wildman–Crippen MR) is 112 cm³/mol. The van der Waals surface area contributed by atoms with Gasteiger partial charge in [-0.15, -0.1) is 0 Å². The Labute approximate surface area is 166 Å². The molecule has 1 aromatic heterocycles. The van der Waals surface area contributed by atoms with Crippen LogP contribution >= 0.6 is 0 Å². The van der Waals surface area contributed by atoms with Gasteiger partial charge >= 0.3 is 0 Å². The van der Waals surface area contributed by atoms with Crippen LogP contribution in [0.25, 0.3) is 0 Å². The number of nitrogens with one attached hydrogen (secondary N) is 1. The number of aromatic nitrogens is 2. The molecule has 0 radical (unpaired) electrons. The monoisotopic (exact) mass is 380 g/mol. The SMILES string of the molecule is CN1CCN(c2ccccc2NC(=O)C2CCCN(c3ncccn3)C2)CC1. The Morgan fingerprint density at radius 3 is 2.54 bits per heavy atom. The van der Waals surface area contributed by atoms with E-state index in [0.29, 0.717) is 12.5 Å². The third-order valence-corrected chi connectivity index (χ3v) is 5.63. The van der Waals surface area contributed by atoms with E-state index in [0.717, 1.165) is 56.9 Å². The molecular formula is C21H28N6O. The molecule has 2 saturated heterocycles. The molecule has 7 nitrogen and oxygen atoms in total. The van der Waals surface area contributed by atoms with E-state index in [1.165, 1.54) is 0 Å². The quantitative estimate of drug-likeness (QED) is 0.876. The first-order valence-electron chi connectivity index (χ1n) is 10.1. The van der Waals surface area contributed by atoms with Gasteiger partial charge in [0.2, 0.25) is 11.9 Å². The van der Waals surface area contributed by atoms with E-state index in [4.69, 9.17) is 0 Å². The zero-order valence-corrected chi connectivity index (χ0v) is 16.4. The van der Waals surface area contributed by atoms with Gasteiger partial charge in [-0.1, -0.05) is 12.1 Å². The summed E-state index contributed by atoms with van der Waals surface area (Å²) in [5.74, 6) is 0.734. The number of hydrogen-bond acceptors (Lipinski definition) is 6. The van der Waals surface area contributed by atoms with Gasteiger partial charge in [-0.3, -0.25) is 4.79 Å². The van der Waals surface area contributed by atoms with Crippen LogP contribution in [0, 0.1) is 5.92 Å². The lowest BCUT2D eigenvalue weighted by molar-refractivity contribution is -0.120. The molecule has 3 heterocycles. The van der Waals surface area contributed by atoms with Crippen LogP contribution in [0.3, 0.4) is 0 Å². The van der Waals surface area contributed by atoms with Crippen LogP contribution in [0.15, 0.2) is 42.7 Å². The number of piperazine rings is 1. The number of likely N-dealkylation sites (N-methyl/N-ethyl adjacent to an activating group) is 1. The lowest BCUT2D eigenvalue weighted by Crippen LogP contribution is -2.45. The maximum Gasteiger partial charge on any atom is 0.229 e. The van der Waals surface area contributed by atoms with Crippen LogP contribution < -0.4 is 15.1 Å². The molecule has 4 rings (SSSR count). The normalized spacial score (nSPS) is 20.8. The van der Waals surface area contributed by atoms with Gasteiger partial charge in [0.05, 0.1) is 17.3 Å². The molecular weight excluding hydrogens is 352 g/mol. The summed E-state index contributed by atoms with van der Waals surface area (Å²) in [5, 5.41) is 3.20. The Balaban J connectivity index is 1.44. The zero-order chi connectivity index (χ0) is 19.3. The Morgan fingerprint density at radius 1 is 1.00 bits per heavy atom. The van der Waals surface area contributed by atoms with Crippen molar-refractivity contribution < 1.29 is 4.79 Å². The molecule has 0 spiro atoms.